The molecule has 0 saturated carbocycles. The first-order chi connectivity index (χ1) is 8.45. The number of halogens is 3. The number of carbonyl (C=O) groups is 1. The lowest BCUT2D eigenvalue weighted by Gasteiger charge is -2.11. The highest BCUT2D eigenvalue weighted by atomic mass is 32.2. The second-order valence-corrected chi connectivity index (χ2v) is 5.03. The van der Waals surface area contributed by atoms with E-state index in [-0.39, 0.29) is 23.5 Å². The van der Waals surface area contributed by atoms with Crippen LogP contribution < -0.4 is 0 Å². The quantitative estimate of drug-likeness (QED) is 0.732. The highest BCUT2D eigenvalue weighted by molar-refractivity contribution is 7.99. The van der Waals surface area contributed by atoms with Crippen molar-refractivity contribution in [2.45, 2.75) is 25.9 Å². The largest absolute Gasteiger partial charge is 0.416 e. The molecule has 100 valence electrons. The number of benzene rings is 1. The van der Waals surface area contributed by atoms with Gasteiger partial charge in [-0.2, -0.15) is 24.9 Å². The molecular weight excluding hydrogens is 261 g/mol. The minimum absolute atomic E-state index is 0.0621. The van der Waals surface area contributed by atoms with E-state index in [2.05, 4.69) is 0 Å². The van der Waals surface area contributed by atoms with Gasteiger partial charge >= 0.3 is 6.18 Å². The minimum atomic E-state index is -4.40. The monoisotopic (exact) mass is 276 g/mol. The van der Waals surface area contributed by atoms with E-state index in [4.69, 9.17) is 0 Å². The van der Waals surface area contributed by atoms with Gasteiger partial charge in [0.15, 0.2) is 0 Å². The second-order valence-electron chi connectivity index (χ2n) is 3.92. The van der Waals surface area contributed by atoms with Gasteiger partial charge < -0.3 is 0 Å². The lowest BCUT2D eigenvalue weighted by Crippen LogP contribution is -2.13. The second kappa shape index (κ2) is 6.83. The van der Waals surface area contributed by atoms with Gasteiger partial charge in [0.25, 0.3) is 0 Å². The summed E-state index contributed by atoms with van der Waals surface area (Å²) < 4.78 is 38.1. The fraction of sp³-hybridized carbons (Fsp3) is 0.462. The van der Waals surface area contributed by atoms with E-state index < -0.39 is 11.7 Å². The molecule has 1 nitrogen and oxygen atoms in total. The Kier molecular flexibility index (Phi) is 5.72. The number of alkyl halides is 3. The van der Waals surface area contributed by atoms with E-state index in [1.807, 2.05) is 6.92 Å². The third kappa shape index (κ3) is 4.72. The Bertz CT molecular complexity index is 401. The molecule has 18 heavy (non-hydrogen) atoms. The first kappa shape index (κ1) is 15.1. The van der Waals surface area contributed by atoms with Crippen LogP contribution in [0.1, 0.15) is 24.5 Å². The molecule has 1 rings (SSSR count). The van der Waals surface area contributed by atoms with E-state index in [1.165, 1.54) is 30.0 Å². The molecule has 0 amide bonds. The molecule has 1 aromatic carbocycles. The molecule has 0 spiro atoms. The summed E-state index contributed by atoms with van der Waals surface area (Å²) in [7, 11) is 0. The van der Waals surface area contributed by atoms with Gasteiger partial charge in [0, 0.05) is 6.42 Å². The van der Waals surface area contributed by atoms with Crippen molar-refractivity contribution in [3.8, 4) is 0 Å². The molecule has 0 heterocycles. The zero-order valence-corrected chi connectivity index (χ0v) is 10.9. The van der Waals surface area contributed by atoms with Crippen LogP contribution in [-0.4, -0.2) is 17.3 Å². The third-order valence-electron chi connectivity index (χ3n) is 2.32. The summed E-state index contributed by atoms with van der Waals surface area (Å²) in [4.78, 5) is 11.6. The van der Waals surface area contributed by atoms with Gasteiger partial charge in [0.05, 0.1) is 11.3 Å². The maximum Gasteiger partial charge on any atom is 0.416 e. The van der Waals surface area contributed by atoms with Gasteiger partial charge in [-0.15, -0.1) is 0 Å². The average molecular weight is 276 g/mol. The normalized spacial score (nSPS) is 11.6. The van der Waals surface area contributed by atoms with Crippen LogP contribution in [0.2, 0.25) is 0 Å². The Hall–Kier alpha value is -0.970. The molecule has 0 aromatic heterocycles. The van der Waals surface area contributed by atoms with Crippen molar-refractivity contribution >= 4 is 17.5 Å². The molecule has 0 bridgehead atoms. The van der Waals surface area contributed by atoms with Crippen molar-refractivity contribution in [2.24, 2.45) is 0 Å². The molecule has 0 aliphatic rings. The van der Waals surface area contributed by atoms with Gasteiger partial charge in [0.2, 0.25) is 0 Å². The number of ketones is 1. The number of thioether (sulfide) groups is 1. The summed E-state index contributed by atoms with van der Waals surface area (Å²) in [6.45, 7) is 2.00. The third-order valence-corrected chi connectivity index (χ3v) is 3.54. The Morgan fingerprint density at radius 1 is 1.28 bits per heavy atom. The standard InChI is InChI=1S/C13H15F3OS/c1-2-7-18-9-11(17)8-10-5-3-4-6-12(10)13(14,15)16/h3-6H,2,7-9H2,1H3. The predicted octanol–water partition coefficient (Wildman–Crippen LogP) is 3.96. The topological polar surface area (TPSA) is 17.1 Å². The van der Waals surface area contributed by atoms with Crippen LogP contribution in [0.3, 0.4) is 0 Å². The molecule has 0 unspecified atom stereocenters. The molecule has 1 aromatic rings. The highest BCUT2D eigenvalue weighted by Crippen LogP contribution is 2.32. The fourth-order valence-electron chi connectivity index (χ4n) is 1.54. The summed E-state index contributed by atoms with van der Waals surface area (Å²) >= 11 is 1.46. The van der Waals surface area contributed by atoms with Gasteiger partial charge in [-0.05, 0) is 23.8 Å². The Labute approximate surface area is 109 Å². The molecule has 5 heteroatoms. The fourth-order valence-corrected chi connectivity index (χ4v) is 2.31. The van der Waals surface area contributed by atoms with E-state index in [1.54, 1.807) is 0 Å². The highest BCUT2D eigenvalue weighted by Gasteiger charge is 2.33. The predicted molar refractivity (Wildman–Crippen MR) is 67.8 cm³/mol. The molecule has 0 aliphatic carbocycles. The zero-order valence-electron chi connectivity index (χ0n) is 10.1. The average Bonchev–Trinajstić information content (AvgIpc) is 2.28. The summed E-state index contributed by atoms with van der Waals surface area (Å²) in [5.74, 6) is 0.970. The van der Waals surface area contributed by atoms with Gasteiger partial charge in [-0.3, -0.25) is 4.79 Å². The first-order valence-electron chi connectivity index (χ1n) is 5.69. The van der Waals surface area contributed by atoms with Crippen LogP contribution in [0, 0.1) is 0 Å². The van der Waals surface area contributed by atoms with Crippen LogP contribution in [0.25, 0.3) is 0 Å². The van der Waals surface area contributed by atoms with Crippen molar-refractivity contribution in [3.05, 3.63) is 35.4 Å². The summed E-state index contributed by atoms with van der Waals surface area (Å²) in [5.41, 5.74) is -0.647. The maximum atomic E-state index is 12.7. The van der Waals surface area contributed by atoms with Crippen molar-refractivity contribution in [2.75, 3.05) is 11.5 Å². The molecule has 0 N–H and O–H groups in total. The first-order valence-corrected chi connectivity index (χ1v) is 6.85. The van der Waals surface area contributed by atoms with Crippen LogP contribution in [0.4, 0.5) is 13.2 Å². The smallest absolute Gasteiger partial charge is 0.298 e. The van der Waals surface area contributed by atoms with Crippen molar-refractivity contribution in [3.63, 3.8) is 0 Å². The number of carbonyl (C=O) groups excluding carboxylic acids is 1. The number of rotatable bonds is 6. The van der Waals surface area contributed by atoms with Crippen LogP contribution in [0.5, 0.6) is 0 Å². The van der Waals surface area contributed by atoms with E-state index >= 15 is 0 Å². The van der Waals surface area contributed by atoms with E-state index in [9.17, 15) is 18.0 Å². The summed E-state index contributed by atoms with van der Waals surface area (Å²) in [6, 6.07) is 5.24. The van der Waals surface area contributed by atoms with Crippen LogP contribution >= 0.6 is 11.8 Å². The van der Waals surface area contributed by atoms with Crippen molar-refractivity contribution in [1.29, 1.82) is 0 Å². The van der Waals surface area contributed by atoms with Gasteiger partial charge in [-0.1, -0.05) is 25.1 Å². The maximum absolute atomic E-state index is 12.7. The van der Waals surface area contributed by atoms with E-state index in [0.717, 1.165) is 18.2 Å². The number of hydrogen-bond acceptors (Lipinski definition) is 2. The molecule has 0 atom stereocenters. The Morgan fingerprint density at radius 2 is 1.94 bits per heavy atom. The van der Waals surface area contributed by atoms with Crippen molar-refractivity contribution < 1.29 is 18.0 Å². The SMILES string of the molecule is CCCSCC(=O)Cc1ccccc1C(F)(F)F. The molecule has 0 radical (unpaired) electrons. The van der Waals surface area contributed by atoms with Crippen LogP contribution in [0.15, 0.2) is 24.3 Å². The zero-order chi connectivity index (χ0) is 13.6. The molecule has 0 fully saturated rings. The Balaban J connectivity index is 2.70. The van der Waals surface area contributed by atoms with E-state index in [0.29, 0.717) is 0 Å². The molecular formula is C13H15F3OS. The Morgan fingerprint density at radius 3 is 2.56 bits per heavy atom. The van der Waals surface area contributed by atoms with Crippen LogP contribution in [-0.2, 0) is 17.4 Å². The molecule has 0 aliphatic heterocycles. The van der Waals surface area contributed by atoms with Gasteiger partial charge in [-0.25, -0.2) is 0 Å². The summed E-state index contributed by atoms with van der Waals surface area (Å²) in [5, 5.41) is 0. The lowest BCUT2D eigenvalue weighted by atomic mass is 10.0. The van der Waals surface area contributed by atoms with Crippen molar-refractivity contribution in [1.82, 2.24) is 0 Å². The summed E-state index contributed by atoms with van der Waals surface area (Å²) in [6.07, 6.45) is -3.59. The number of hydrogen-bond donors (Lipinski definition) is 0. The van der Waals surface area contributed by atoms with Gasteiger partial charge in [0.1, 0.15) is 5.78 Å². The minimum Gasteiger partial charge on any atom is -0.298 e. The lowest BCUT2D eigenvalue weighted by molar-refractivity contribution is -0.138. The number of Topliss-reactive ketones (excluding diaryl/α,β-unsaturated/α-hetero) is 1. The molecule has 0 saturated heterocycles.